The lowest BCUT2D eigenvalue weighted by atomic mass is 9.98. The lowest BCUT2D eigenvalue weighted by Gasteiger charge is -2.24. The van der Waals surface area contributed by atoms with Crippen LogP contribution in [0.1, 0.15) is 56.3 Å². The molecule has 2 rings (SSSR count). The van der Waals surface area contributed by atoms with Gasteiger partial charge in [0.15, 0.2) is 0 Å². The summed E-state index contributed by atoms with van der Waals surface area (Å²) in [5, 5.41) is 11.7. The van der Waals surface area contributed by atoms with E-state index >= 15 is 0 Å². The Bertz CT molecular complexity index is 756. The molecule has 1 atom stereocenters. The molecule has 1 aromatic carbocycles. The topological polar surface area (TPSA) is 113 Å². The highest BCUT2D eigenvalue weighted by molar-refractivity contribution is 7.89. The average Bonchev–Trinajstić information content (AvgIpc) is 3.06. The van der Waals surface area contributed by atoms with Crippen LogP contribution >= 0.6 is 0 Å². The Balaban J connectivity index is 2.20. The zero-order valence-corrected chi connectivity index (χ0v) is 15.2. The lowest BCUT2D eigenvalue weighted by molar-refractivity contribution is -0.143. The molecule has 0 aliphatic heterocycles. The van der Waals surface area contributed by atoms with E-state index in [0.717, 1.165) is 25.7 Å². The standard InChI is InChI=1S/C17H24N2O5S/c1-3-17(2,16(21)22)18-15(20)12-7-6-10-14(11-12)25(23,24)19-13-8-4-5-9-13/h6-7,10-11,13,19H,3-5,8-9H2,1-2H3,(H,18,20)(H,21,22). The molecule has 0 spiro atoms. The Labute approximate surface area is 147 Å². The molecule has 0 radical (unpaired) electrons. The summed E-state index contributed by atoms with van der Waals surface area (Å²) in [4.78, 5) is 23.7. The fourth-order valence-corrected chi connectivity index (χ4v) is 4.10. The van der Waals surface area contributed by atoms with Crippen molar-refractivity contribution in [2.75, 3.05) is 0 Å². The fourth-order valence-electron chi connectivity index (χ4n) is 2.75. The molecular formula is C17H24N2O5S. The van der Waals surface area contributed by atoms with Crippen LogP contribution < -0.4 is 10.0 Å². The summed E-state index contributed by atoms with van der Waals surface area (Å²) in [6.45, 7) is 3.07. The zero-order chi connectivity index (χ0) is 18.7. The van der Waals surface area contributed by atoms with Gasteiger partial charge >= 0.3 is 5.97 Å². The quantitative estimate of drug-likeness (QED) is 0.680. The Hall–Kier alpha value is -1.93. The van der Waals surface area contributed by atoms with Gasteiger partial charge in [0, 0.05) is 11.6 Å². The van der Waals surface area contributed by atoms with Crippen molar-refractivity contribution in [1.29, 1.82) is 0 Å². The van der Waals surface area contributed by atoms with Gasteiger partial charge in [-0.05, 0) is 44.4 Å². The van der Waals surface area contributed by atoms with Crippen LogP contribution in [0.4, 0.5) is 0 Å². The number of hydrogen-bond donors (Lipinski definition) is 3. The van der Waals surface area contributed by atoms with Gasteiger partial charge < -0.3 is 10.4 Å². The molecule has 8 heteroatoms. The predicted molar refractivity (Wildman–Crippen MR) is 92.8 cm³/mol. The number of hydrogen-bond acceptors (Lipinski definition) is 4. The van der Waals surface area contributed by atoms with Crippen molar-refractivity contribution in [3.63, 3.8) is 0 Å². The van der Waals surface area contributed by atoms with Gasteiger partial charge in [0.05, 0.1) is 4.90 Å². The van der Waals surface area contributed by atoms with Crippen LogP contribution in [0.2, 0.25) is 0 Å². The predicted octanol–water partition coefficient (Wildman–Crippen LogP) is 1.89. The second kappa shape index (κ2) is 7.53. The number of nitrogens with one attached hydrogen (secondary N) is 2. The van der Waals surface area contributed by atoms with Gasteiger partial charge in [0.2, 0.25) is 10.0 Å². The summed E-state index contributed by atoms with van der Waals surface area (Å²) < 4.78 is 27.6. The van der Waals surface area contributed by atoms with Crippen LogP contribution in [0.25, 0.3) is 0 Å². The first-order valence-electron chi connectivity index (χ1n) is 8.36. The monoisotopic (exact) mass is 368 g/mol. The number of carbonyl (C=O) groups excluding carboxylic acids is 1. The Morgan fingerprint density at radius 1 is 1.28 bits per heavy atom. The van der Waals surface area contributed by atoms with E-state index in [1.54, 1.807) is 6.92 Å². The summed E-state index contributed by atoms with van der Waals surface area (Å²) in [6.07, 6.45) is 3.83. The molecule has 1 saturated carbocycles. The maximum Gasteiger partial charge on any atom is 0.329 e. The molecule has 3 N–H and O–H groups in total. The number of carboxylic acid groups (broad SMARTS) is 1. The van der Waals surface area contributed by atoms with E-state index in [1.807, 2.05) is 0 Å². The lowest BCUT2D eigenvalue weighted by Crippen LogP contribution is -2.51. The van der Waals surface area contributed by atoms with Crippen molar-refractivity contribution < 1.29 is 23.1 Å². The largest absolute Gasteiger partial charge is 0.480 e. The molecule has 1 aromatic rings. The van der Waals surface area contributed by atoms with E-state index in [9.17, 15) is 23.1 Å². The molecule has 0 aromatic heterocycles. The van der Waals surface area contributed by atoms with Crippen LogP contribution in [0.15, 0.2) is 29.2 Å². The molecule has 0 saturated heterocycles. The Morgan fingerprint density at radius 3 is 2.48 bits per heavy atom. The first-order chi connectivity index (χ1) is 11.7. The van der Waals surface area contributed by atoms with Gasteiger partial charge in [-0.15, -0.1) is 0 Å². The van der Waals surface area contributed by atoms with Gasteiger partial charge in [-0.2, -0.15) is 0 Å². The first-order valence-corrected chi connectivity index (χ1v) is 9.84. The maximum absolute atomic E-state index is 12.5. The van der Waals surface area contributed by atoms with Crippen molar-refractivity contribution in [3.05, 3.63) is 29.8 Å². The van der Waals surface area contributed by atoms with E-state index in [-0.39, 0.29) is 22.9 Å². The smallest absolute Gasteiger partial charge is 0.329 e. The van der Waals surface area contributed by atoms with Gasteiger partial charge in [-0.1, -0.05) is 25.8 Å². The number of carbonyl (C=O) groups is 2. The number of sulfonamides is 1. The minimum atomic E-state index is -3.71. The van der Waals surface area contributed by atoms with E-state index in [1.165, 1.54) is 31.2 Å². The Kier molecular flexibility index (Phi) is 5.84. The number of rotatable bonds is 7. The molecule has 7 nitrogen and oxygen atoms in total. The minimum absolute atomic E-state index is 0.000534. The highest BCUT2D eigenvalue weighted by Crippen LogP contribution is 2.21. The van der Waals surface area contributed by atoms with Crippen molar-refractivity contribution in [3.8, 4) is 0 Å². The zero-order valence-electron chi connectivity index (χ0n) is 14.4. The molecule has 1 amide bonds. The summed E-state index contributed by atoms with van der Waals surface area (Å²) in [7, 11) is -3.71. The van der Waals surface area contributed by atoms with Crippen LogP contribution in [-0.4, -0.2) is 37.0 Å². The van der Waals surface area contributed by atoms with Gasteiger partial charge in [-0.25, -0.2) is 17.9 Å². The molecule has 1 fully saturated rings. The molecule has 25 heavy (non-hydrogen) atoms. The first kappa shape index (κ1) is 19.4. The number of aliphatic carboxylic acids is 1. The number of amides is 1. The molecule has 138 valence electrons. The second-order valence-electron chi connectivity index (χ2n) is 6.58. The third kappa shape index (κ3) is 4.58. The maximum atomic E-state index is 12.5. The van der Waals surface area contributed by atoms with E-state index in [2.05, 4.69) is 10.0 Å². The highest BCUT2D eigenvalue weighted by Gasteiger charge is 2.33. The fraction of sp³-hybridized carbons (Fsp3) is 0.529. The molecule has 1 unspecified atom stereocenters. The third-order valence-electron chi connectivity index (χ3n) is 4.65. The summed E-state index contributed by atoms with van der Waals surface area (Å²) in [5.74, 6) is -1.76. The van der Waals surface area contributed by atoms with Crippen molar-refractivity contribution >= 4 is 21.9 Å². The Morgan fingerprint density at radius 2 is 1.92 bits per heavy atom. The summed E-state index contributed by atoms with van der Waals surface area (Å²) in [5.41, 5.74) is -1.30. The molecule has 0 bridgehead atoms. The molecule has 1 aliphatic rings. The molecule has 1 aliphatic carbocycles. The van der Waals surface area contributed by atoms with Gasteiger partial charge in [0.1, 0.15) is 5.54 Å². The minimum Gasteiger partial charge on any atom is -0.480 e. The normalized spacial score (nSPS) is 17.8. The van der Waals surface area contributed by atoms with Crippen LogP contribution in [0.3, 0.4) is 0 Å². The molecule has 0 heterocycles. The summed E-state index contributed by atoms with van der Waals surface area (Å²) >= 11 is 0. The molecular weight excluding hydrogens is 344 g/mol. The van der Waals surface area contributed by atoms with Gasteiger partial charge in [-0.3, -0.25) is 4.79 Å². The van der Waals surface area contributed by atoms with E-state index < -0.39 is 27.4 Å². The van der Waals surface area contributed by atoms with Crippen molar-refractivity contribution in [1.82, 2.24) is 10.0 Å². The van der Waals surface area contributed by atoms with Crippen LogP contribution in [0.5, 0.6) is 0 Å². The second-order valence-corrected chi connectivity index (χ2v) is 8.29. The SMILES string of the molecule is CCC(C)(NC(=O)c1cccc(S(=O)(=O)NC2CCCC2)c1)C(=O)O. The van der Waals surface area contributed by atoms with Crippen LogP contribution in [0, 0.1) is 0 Å². The van der Waals surface area contributed by atoms with Crippen molar-refractivity contribution in [2.45, 2.75) is 62.4 Å². The number of carboxylic acids is 1. The van der Waals surface area contributed by atoms with E-state index in [4.69, 9.17) is 0 Å². The van der Waals surface area contributed by atoms with Crippen molar-refractivity contribution in [2.24, 2.45) is 0 Å². The third-order valence-corrected chi connectivity index (χ3v) is 6.17. The summed E-state index contributed by atoms with van der Waals surface area (Å²) in [6, 6.07) is 5.55. The number of benzene rings is 1. The average molecular weight is 368 g/mol. The van der Waals surface area contributed by atoms with Crippen LogP contribution in [-0.2, 0) is 14.8 Å². The van der Waals surface area contributed by atoms with Gasteiger partial charge in [0.25, 0.3) is 5.91 Å². The van der Waals surface area contributed by atoms with E-state index in [0.29, 0.717) is 0 Å². The highest BCUT2D eigenvalue weighted by atomic mass is 32.2.